The lowest BCUT2D eigenvalue weighted by Gasteiger charge is -2.18. The van der Waals surface area contributed by atoms with Gasteiger partial charge in [0.05, 0.1) is 12.3 Å². The van der Waals surface area contributed by atoms with Gasteiger partial charge in [-0.1, -0.05) is 13.8 Å². The fraction of sp³-hybridized carbons (Fsp3) is 0.857. The van der Waals surface area contributed by atoms with Crippen LogP contribution in [0.2, 0.25) is 0 Å². The molecular weight excluding hydrogens is 192 g/mol. The van der Waals surface area contributed by atoms with Gasteiger partial charge in [0.1, 0.15) is 0 Å². The fourth-order valence-electron chi connectivity index (χ4n) is 1.01. The van der Waals surface area contributed by atoms with E-state index in [9.17, 15) is 13.2 Å². The molecule has 0 aliphatic heterocycles. The number of carbonyl (C=O) groups is 1. The Morgan fingerprint density at radius 1 is 1.31 bits per heavy atom. The van der Waals surface area contributed by atoms with Crippen LogP contribution in [0.4, 0.5) is 0 Å². The van der Waals surface area contributed by atoms with Gasteiger partial charge in [-0.25, -0.2) is 8.42 Å². The van der Waals surface area contributed by atoms with Crippen LogP contribution in [-0.2, 0) is 14.8 Å². The highest BCUT2D eigenvalue weighted by molar-refractivity contribution is 7.89. The summed E-state index contributed by atoms with van der Waals surface area (Å²) < 4.78 is 23.4. The molecule has 0 saturated heterocycles. The monoisotopic (exact) mass is 208 g/mol. The topological polar surface area (TPSA) is 75.3 Å². The fourth-order valence-corrected chi connectivity index (χ4v) is 1.51. The molecule has 0 spiro atoms. The Morgan fingerprint density at radius 3 is 2.00 bits per heavy atom. The van der Waals surface area contributed by atoms with Crippen LogP contribution in [0, 0.1) is 5.92 Å². The smallest absolute Gasteiger partial charge is 0.250 e. The van der Waals surface area contributed by atoms with Crippen molar-refractivity contribution in [3.8, 4) is 0 Å². The van der Waals surface area contributed by atoms with E-state index in [1.54, 1.807) is 7.05 Å². The summed E-state index contributed by atoms with van der Waals surface area (Å²) in [7, 11) is -1.83. The number of rotatable bonds is 4. The van der Waals surface area contributed by atoms with Gasteiger partial charge in [0.25, 0.3) is 5.91 Å². The van der Waals surface area contributed by atoms with Crippen LogP contribution in [0.3, 0.4) is 0 Å². The van der Waals surface area contributed by atoms with Crippen molar-refractivity contribution in [3.05, 3.63) is 0 Å². The molecule has 2 N–H and O–H groups in total. The normalized spacial score (nSPS) is 14.2. The van der Waals surface area contributed by atoms with Gasteiger partial charge >= 0.3 is 0 Å². The number of hydrogen-bond donors (Lipinski definition) is 2. The summed E-state index contributed by atoms with van der Waals surface area (Å²) in [5, 5.41) is 2.75. The largest absolute Gasteiger partial charge is 0.309 e. The van der Waals surface area contributed by atoms with Crippen LogP contribution >= 0.6 is 0 Å². The molecule has 0 aromatic rings. The zero-order valence-corrected chi connectivity index (χ0v) is 9.10. The van der Waals surface area contributed by atoms with Gasteiger partial charge in [-0.15, -0.1) is 0 Å². The number of carbonyl (C=O) groups excluding carboxylic acids is 1. The number of nitrogens with one attached hydrogen (secondary N) is 2. The van der Waals surface area contributed by atoms with E-state index in [1.165, 1.54) is 0 Å². The van der Waals surface area contributed by atoms with Crippen molar-refractivity contribution >= 4 is 15.9 Å². The maximum Gasteiger partial charge on any atom is 0.250 e. The first-order chi connectivity index (χ1) is 5.78. The first-order valence-electron chi connectivity index (χ1n) is 3.97. The van der Waals surface area contributed by atoms with Crippen LogP contribution in [0.1, 0.15) is 13.8 Å². The lowest BCUT2D eigenvalue weighted by Crippen LogP contribution is -2.47. The second kappa shape index (κ2) is 4.57. The van der Waals surface area contributed by atoms with Crippen LogP contribution in [0.15, 0.2) is 0 Å². The molecule has 0 saturated carbocycles. The highest BCUT2D eigenvalue weighted by Crippen LogP contribution is 2.00. The molecule has 1 unspecified atom stereocenters. The zero-order valence-electron chi connectivity index (χ0n) is 8.29. The van der Waals surface area contributed by atoms with Crippen LogP contribution in [0.25, 0.3) is 0 Å². The van der Waals surface area contributed by atoms with E-state index >= 15 is 0 Å². The molecule has 0 aliphatic rings. The van der Waals surface area contributed by atoms with E-state index in [4.69, 9.17) is 0 Å². The van der Waals surface area contributed by atoms with Crippen LogP contribution in [-0.4, -0.2) is 33.7 Å². The van der Waals surface area contributed by atoms with Crippen molar-refractivity contribution in [2.75, 3.05) is 13.3 Å². The van der Waals surface area contributed by atoms with Gasteiger partial charge in [-0.3, -0.25) is 9.52 Å². The molecule has 0 bridgehead atoms. The van der Waals surface area contributed by atoms with Crippen LogP contribution < -0.4 is 10.0 Å². The van der Waals surface area contributed by atoms with Gasteiger partial charge in [0.2, 0.25) is 10.0 Å². The zero-order chi connectivity index (χ0) is 10.6. The Labute approximate surface area is 79.0 Å². The van der Waals surface area contributed by atoms with E-state index in [0.717, 1.165) is 6.26 Å². The maximum atomic E-state index is 11.3. The van der Waals surface area contributed by atoms with Crippen molar-refractivity contribution in [1.29, 1.82) is 0 Å². The number of amides is 1. The summed E-state index contributed by atoms with van der Waals surface area (Å²) in [6, 6.07) is -0.477. The SMILES string of the molecule is CNC(C(=O)NS(C)(=O)=O)C(C)C. The molecule has 0 aromatic heterocycles. The third-order valence-electron chi connectivity index (χ3n) is 1.55. The van der Waals surface area contributed by atoms with E-state index in [0.29, 0.717) is 0 Å². The average Bonchev–Trinajstić information content (AvgIpc) is 1.82. The molecule has 0 radical (unpaired) electrons. The van der Waals surface area contributed by atoms with Crippen molar-refractivity contribution in [1.82, 2.24) is 10.0 Å². The third-order valence-corrected chi connectivity index (χ3v) is 2.12. The summed E-state index contributed by atoms with van der Waals surface area (Å²) in [6.45, 7) is 3.67. The minimum atomic E-state index is -3.45. The first kappa shape index (κ1) is 12.4. The highest BCUT2D eigenvalue weighted by Gasteiger charge is 2.22. The molecular formula is C7H16N2O3S. The first-order valence-corrected chi connectivity index (χ1v) is 5.86. The molecule has 13 heavy (non-hydrogen) atoms. The maximum absolute atomic E-state index is 11.3. The summed E-state index contributed by atoms with van der Waals surface area (Å²) >= 11 is 0. The van der Waals surface area contributed by atoms with Gasteiger partial charge in [0.15, 0.2) is 0 Å². The predicted octanol–water partition coefficient (Wildman–Crippen LogP) is -0.694. The number of sulfonamides is 1. The quantitative estimate of drug-likeness (QED) is 0.641. The average molecular weight is 208 g/mol. The Morgan fingerprint density at radius 2 is 1.77 bits per heavy atom. The van der Waals surface area contributed by atoms with Crippen molar-refractivity contribution < 1.29 is 13.2 Å². The minimum Gasteiger partial charge on any atom is -0.309 e. The molecule has 78 valence electrons. The Kier molecular flexibility index (Phi) is 4.35. The Balaban J connectivity index is 4.41. The lowest BCUT2D eigenvalue weighted by atomic mass is 10.0. The summed E-state index contributed by atoms with van der Waals surface area (Å²) in [6.07, 6.45) is 0.956. The molecule has 0 heterocycles. The molecule has 6 heteroatoms. The predicted molar refractivity (Wildman–Crippen MR) is 50.7 cm³/mol. The summed E-state index contributed by atoms with van der Waals surface area (Å²) in [4.78, 5) is 11.3. The number of hydrogen-bond acceptors (Lipinski definition) is 4. The molecule has 0 aromatic carbocycles. The molecule has 0 rings (SSSR count). The van der Waals surface area contributed by atoms with Gasteiger partial charge < -0.3 is 5.32 Å². The standard InChI is InChI=1S/C7H16N2O3S/c1-5(2)6(8-3)7(10)9-13(4,11)12/h5-6,8H,1-4H3,(H,9,10). The van der Waals surface area contributed by atoms with Crippen molar-refractivity contribution in [2.45, 2.75) is 19.9 Å². The molecule has 5 nitrogen and oxygen atoms in total. The highest BCUT2D eigenvalue weighted by atomic mass is 32.2. The number of likely N-dealkylation sites (N-methyl/N-ethyl adjacent to an activating group) is 1. The second-order valence-corrected chi connectivity index (χ2v) is 5.00. The van der Waals surface area contributed by atoms with Crippen molar-refractivity contribution in [2.24, 2.45) is 5.92 Å². The third kappa shape index (κ3) is 4.84. The van der Waals surface area contributed by atoms with E-state index in [2.05, 4.69) is 5.32 Å². The van der Waals surface area contributed by atoms with E-state index < -0.39 is 22.0 Å². The van der Waals surface area contributed by atoms with Gasteiger partial charge in [-0.05, 0) is 13.0 Å². The van der Waals surface area contributed by atoms with E-state index in [1.807, 2.05) is 18.6 Å². The second-order valence-electron chi connectivity index (χ2n) is 3.25. The minimum absolute atomic E-state index is 0.0479. The molecule has 0 aliphatic carbocycles. The van der Waals surface area contributed by atoms with E-state index in [-0.39, 0.29) is 5.92 Å². The molecule has 1 atom stereocenters. The lowest BCUT2D eigenvalue weighted by molar-refractivity contribution is -0.122. The molecule has 1 amide bonds. The summed E-state index contributed by atoms with van der Waals surface area (Å²) in [5.74, 6) is -0.466. The molecule has 0 fully saturated rings. The Hall–Kier alpha value is -0.620. The van der Waals surface area contributed by atoms with Gasteiger partial charge in [-0.2, -0.15) is 0 Å². The van der Waals surface area contributed by atoms with Crippen molar-refractivity contribution in [3.63, 3.8) is 0 Å². The van der Waals surface area contributed by atoms with Gasteiger partial charge in [0, 0.05) is 0 Å². The Bertz CT molecular complexity index is 271. The van der Waals surface area contributed by atoms with Crippen LogP contribution in [0.5, 0.6) is 0 Å². The summed E-state index contributed by atoms with van der Waals surface area (Å²) in [5.41, 5.74) is 0.